The monoisotopic (exact) mass is 531 g/mol. The average Bonchev–Trinajstić information content (AvgIpc) is 3.14. The number of aryl methyl sites for hydroxylation is 1. The van der Waals surface area contributed by atoms with Crippen LogP contribution in [0.15, 0.2) is 65.3 Å². The Morgan fingerprint density at radius 1 is 1.12 bits per heavy atom. The van der Waals surface area contributed by atoms with Crippen LogP contribution in [-0.2, 0) is 21.6 Å². The van der Waals surface area contributed by atoms with Crippen LogP contribution in [0.2, 0.25) is 0 Å². The predicted molar refractivity (Wildman–Crippen MR) is 135 cm³/mol. The summed E-state index contributed by atoms with van der Waals surface area (Å²) in [6, 6.07) is 14.5. The van der Waals surface area contributed by atoms with Gasteiger partial charge in [0.15, 0.2) is 0 Å². The van der Waals surface area contributed by atoms with E-state index in [1.54, 1.807) is 55.1 Å². The molecule has 0 saturated heterocycles. The quantitative estimate of drug-likeness (QED) is 0.255. The number of nitrogens with zero attached hydrogens (tertiary/aromatic N) is 2. The van der Waals surface area contributed by atoms with E-state index >= 15 is 0 Å². The fraction of sp³-hybridized carbons (Fsp3) is 0.250. The number of hydrogen-bond acceptors (Lipinski definition) is 3. The van der Waals surface area contributed by atoms with Gasteiger partial charge in [0.1, 0.15) is 0 Å². The summed E-state index contributed by atoms with van der Waals surface area (Å²) in [7, 11) is -2.51. The highest BCUT2D eigenvalue weighted by Crippen LogP contribution is 2.60. The zero-order chi connectivity index (χ0) is 24.2. The Hall–Kier alpha value is -2.51. The summed E-state index contributed by atoms with van der Waals surface area (Å²) in [6.45, 7) is 3.54. The minimum absolute atomic E-state index is 0.314. The molecule has 0 fully saturated rings. The molecule has 3 aromatic rings. The van der Waals surface area contributed by atoms with Gasteiger partial charge < -0.3 is 15.1 Å². The lowest BCUT2D eigenvalue weighted by Crippen LogP contribution is -2.24. The molecule has 0 aliphatic rings. The maximum absolute atomic E-state index is 12.5. The number of halogens is 1. The third-order valence-electron chi connectivity index (χ3n) is 5.92. The number of anilines is 1. The van der Waals surface area contributed by atoms with Gasteiger partial charge in [-0.25, -0.2) is 0 Å². The molecular formula is C24H27BrN3O4P. The lowest BCUT2D eigenvalue weighted by molar-refractivity contribution is -0.111. The summed E-state index contributed by atoms with van der Waals surface area (Å²) >= 11 is 3.43. The van der Waals surface area contributed by atoms with Gasteiger partial charge in [-0.15, -0.1) is 0 Å². The molecule has 2 aromatic carbocycles. The molecule has 7 nitrogen and oxygen atoms in total. The number of rotatable bonds is 8. The smallest absolute Gasteiger partial charge is 0.324 e. The maximum Gasteiger partial charge on any atom is 0.335 e. The van der Waals surface area contributed by atoms with Crippen LogP contribution in [0.25, 0.3) is 17.3 Å². The van der Waals surface area contributed by atoms with Gasteiger partial charge in [-0.05, 0) is 48.7 Å². The van der Waals surface area contributed by atoms with E-state index in [0.29, 0.717) is 24.1 Å². The van der Waals surface area contributed by atoms with Crippen molar-refractivity contribution >= 4 is 41.2 Å². The first-order valence-electron chi connectivity index (χ1n) is 10.5. The van der Waals surface area contributed by atoms with E-state index in [2.05, 4.69) is 26.3 Å². The molecule has 0 bridgehead atoms. The van der Waals surface area contributed by atoms with Crippen LogP contribution < -0.4 is 5.32 Å². The van der Waals surface area contributed by atoms with Gasteiger partial charge in [-0.1, -0.05) is 54.0 Å². The first-order valence-corrected chi connectivity index (χ1v) is 12.9. The largest absolute Gasteiger partial charge is 0.335 e. The Labute approximate surface area is 201 Å². The lowest BCUT2D eigenvalue weighted by Gasteiger charge is -2.33. The van der Waals surface area contributed by atoms with Crippen LogP contribution in [0.1, 0.15) is 37.8 Å². The Balaban J connectivity index is 1.76. The van der Waals surface area contributed by atoms with Crippen molar-refractivity contribution < 1.29 is 19.1 Å². The number of carbonyl (C=O) groups is 1. The van der Waals surface area contributed by atoms with Crippen molar-refractivity contribution in [1.82, 2.24) is 9.78 Å². The highest BCUT2D eigenvalue weighted by Gasteiger charge is 2.45. The first kappa shape index (κ1) is 25.1. The van der Waals surface area contributed by atoms with Gasteiger partial charge in [0.25, 0.3) is 0 Å². The molecular weight excluding hydrogens is 505 g/mol. The van der Waals surface area contributed by atoms with Crippen LogP contribution in [0.4, 0.5) is 5.69 Å². The van der Waals surface area contributed by atoms with Crippen molar-refractivity contribution in [3.63, 3.8) is 0 Å². The van der Waals surface area contributed by atoms with Gasteiger partial charge in [0, 0.05) is 34.4 Å². The first-order chi connectivity index (χ1) is 15.6. The Kier molecular flexibility index (Phi) is 7.75. The van der Waals surface area contributed by atoms with Crippen molar-refractivity contribution in [2.45, 2.75) is 31.8 Å². The normalized spacial score (nSPS) is 12.3. The second-order valence-corrected chi connectivity index (χ2v) is 10.6. The number of carbonyl (C=O) groups excluding carboxylic acids is 1. The molecule has 1 heterocycles. The van der Waals surface area contributed by atoms with E-state index in [4.69, 9.17) is 0 Å². The minimum atomic E-state index is -4.36. The van der Waals surface area contributed by atoms with Crippen LogP contribution in [0.5, 0.6) is 0 Å². The number of hydrogen-bond donors (Lipinski definition) is 3. The summed E-state index contributed by atoms with van der Waals surface area (Å²) in [5.74, 6) is -0.319. The van der Waals surface area contributed by atoms with Gasteiger partial charge in [0.05, 0.1) is 17.0 Å². The maximum atomic E-state index is 12.5. The van der Waals surface area contributed by atoms with Crippen molar-refractivity contribution in [2.75, 3.05) is 5.32 Å². The SMILES string of the molecule is CCC(CC)(c1ccc(NC(=O)/C=C/c2cnn(C)c2-c2ccc(Br)cc2)cc1)P(=O)(O)O. The average molecular weight is 532 g/mol. The van der Waals surface area contributed by atoms with Crippen molar-refractivity contribution in [3.8, 4) is 11.3 Å². The Morgan fingerprint density at radius 2 is 1.73 bits per heavy atom. The Morgan fingerprint density at radius 3 is 2.27 bits per heavy atom. The van der Waals surface area contributed by atoms with E-state index in [1.165, 1.54) is 6.08 Å². The van der Waals surface area contributed by atoms with Crippen molar-refractivity contribution in [2.24, 2.45) is 7.05 Å². The minimum Gasteiger partial charge on any atom is -0.324 e. The lowest BCUT2D eigenvalue weighted by atomic mass is 9.92. The van der Waals surface area contributed by atoms with Gasteiger partial charge in [-0.2, -0.15) is 5.10 Å². The molecule has 3 rings (SSSR count). The zero-order valence-electron chi connectivity index (χ0n) is 18.7. The third-order valence-corrected chi connectivity index (χ3v) is 8.45. The van der Waals surface area contributed by atoms with E-state index in [9.17, 15) is 19.1 Å². The number of amides is 1. The van der Waals surface area contributed by atoms with E-state index in [1.807, 2.05) is 31.3 Å². The molecule has 0 aliphatic carbocycles. The molecule has 3 N–H and O–H groups in total. The topological polar surface area (TPSA) is 104 Å². The molecule has 0 saturated carbocycles. The highest BCUT2D eigenvalue weighted by atomic mass is 79.9. The van der Waals surface area contributed by atoms with Crippen LogP contribution in [0.3, 0.4) is 0 Å². The molecule has 1 amide bonds. The fourth-order valence-corrected chi connectivity index (χ4v) is 5.56. The van der Waals surface area contributed by atoms with Gasteiger partial charge in [0.2, 0.25) is 5.91 Å². The Bertz CT molecular complexity index is 1190. The summed E-state index contributed by atoms with van der Waals surface area (Å²) in [5.41, 5.74) is 3.78. The number of nitrogens with one attached hydrogen (secondary N) is 1. The van der Waals surface area contributed by atoms with Gasteiger partial charge >= 0.3 is 7.60 Å². The second-order valence-electron chi connectivity index (χ2n) is 7.76. The molecule has 0 spiro atoms. The molecule has 0 unspecified atom stereocenters. The van der Waals surface area contributed by atoms with Crippen molar-refractivity contribution in [1.29, 1.82) is 0 Å². The molecule has 0 radical (unpaired) electrons. The van der Waals surface area contributed by atoms with Crippen LogP contribution in [-0.4, -0.2) is 25.5 Å². The fourth-order valence-electron chi connectivity index (χ4n) is 3.99. The van der Waals surface area contributed by atoms with E-state index in [0.717, 1.165) is 21.3 Å². The van der Waals surface area contributed by atoms with Crippen LogP contribution in [0, 0.1) is 0 Å². The third kappa shape index (κ3) is 5.36. The molecule has 174 valence electrons. The second kappa shape index (κ2) is 10.2. The standard InChI is InChI=1S/C24H27BrN3O4P/c1-4-24(5-2,33(30,31)32)19-9-13-21(14-10-19)27-22(29)15-8-18-16-26-28(3)23(18)17-6-11-20(25)12-7-17/h6-16H,4-5H2,1-3H3,(H,27,29)(H2,30,31,32)/b15-8+. The summed E-state index contributed by atoms with van der Waals surface area (Å²) in [4.78, 5) is 32.3. The van der Waals surface area contributed by atoms with E-state index < -0.39 is 12.8 Å². The molecule has 1 aromatic heterocycles. The van der Waals surface area contributed by atoms with Crippen LogP contribution >= 0.6 is 23.5 Å². The van der Waals surface area contributed by atoms with Gasteiger partial charge in [-0.3, -0.25) is 14.0 Å². The summed E-state index contributed by atoms with van der Waals surface area (Å²) < 4.78 is 14.9. The molecule has 0 aliphatic heterocycles. The number of benzene rings is 2. The molecule has 9 heteroatoms. The molecule has 0 atom stereocenters. The summed E-state index contributed by atoms with van der Waals surface area (Å²) in [6.07, 6.45) is 5.47. The predicted octanol–water partition coefficient (Wildman–Crippen LogP) is 5.69. The van der Waals surface area contributed by atoms with Crippen molar-refractivity contribution in [3.05, 3.63) is 76.4 Å². The zero-order valence-corrected chi connectivity index (χ0v) is 21.2. The highest BCUT2D eigenvalue weighted by molar-refractivity contribution is 9.10. The summed E-state index contributed by atoms with van der Waals surface area (Å²) in [5, 5.41) is 5.87. The molecule has 33 heavy (non-hydrogen) atoms. The number of aromatic nitrogens is 2. The van der Waals surface area contributed by atoms with E-state index in [-0.39, 0.29) is 5.91 Å².